The standard InChI is InChI=1S/C25H29N3O2S/c1-16(2)26-25(29)28-15-20-19-7-4-5-9-22(19)31-24(20)27-14-6-8-21(27)23(28)17-10-12-18(30-3)13-11-17/h6,8,10-14,16,23H,4-5,7,9,15H2,1-3H3,(H,26,29). The van der Waals surface area contributed by atoms with Crippen molar-refractivity contribution in [3.05, 3.63) is 69.9 Å². The lowest BCUT2D eigenvalue weighted by Gasteiger charge is -2.32. The summed E-state index contributed by atoms with van der Waals surface area (Å²) in [5.41, 5.74) is 5.01. The first-order chi connectivity index (χ1) is 15.1. The average Bonchev–Trinajstić information content (AvgIpc) is 3.35. The van der Waals surface area contributed by atoms with Gasteiger partial charge in [-0.3, -0.25) is 0 Å². The molecule has 1 N–H and O–H groups in total. The van der Waals surface area contributed by atoms with Crippen LogP contribution in [0.25, 0.3) is 5.00 Å². The third kappa shape index (κ3) is 3.53. The van der Waals surface area contributed by atoms with Crippen molar-refractivity contribution in [2.45, 2.75) is 58.2 Å². The molecule has 6 heteroatoms. The number of hydrogen-bond donors (Lipinski definition) is 1. The van der Waals surface area contributed by atoms with E-state index in [1.165, 1.54) is 33.8 Å². The van der Waals surface area contributed by atoms with Crippen LogP contribution in [0.5, 0.6) is 5.75 Å². The van der Waals surface area contributed by atoms with Crippen molar-refractivity contribution in [2.24, 2.45) is 0 Å². The molecule has 2 aliphatic rings. The van der Waals surface area contributed by atoms with Gasteiger partial charge in [0, 0.05) is 22.7 Å². The number of benzene rings is 1. The topological polar surface area (TPSA) is 46.5 Å². The highest BCUT2D eigenvalue weighted by molar-refractivity contribution is 7.15. The number of amides is 2. The zero-order valence-corrected chi connectivity index (χ0v) is 19.2. The molecule has 1 aromatic carbocycles. The Morgan fingerprint density at radius 1 is 1.13 bits per heavy atom. The fourth-order valence-corrected chi connectivity index (χ4v) is 6.26. The summed E-state index contributed by atoms with van der Waals surface area (Å²) in [6.07, 6.45) is 6.91. The van der Waals surface area contributed by atoms with E-state index >= 15 is 0 Å². The molecule has 0 fully saturated rings. The molecule has 3 heterocycles. The fraction of sp³-hybridized carbons (Fsp3) is 0.400. The second kappa shape index (κ2) is 8.08. The zero-order valence-electron chi connectivity index (χ0n) is 18.4. The molecule has 5 nitrogen and oxygen atoms in total. The van der Waals surface area contributed by atoms with Crippen molar-refractivity contribution >= 4 is 17.4 Å². The van der Waals surface area contributed by atoms with E-state index in [-0.39, 0.29) is 18.1 Å². The molecule has 1 unspecified atom stereocenters. The predicted octanol–water partition coefficient (Wildman–Crippen LogP) is 5.45. The predicted molar refractivity (Wildman–Crippen MR) is 124 cm³/mol. The summed E-state index contributed by atoms with van der Waals surface area (Å²) in [6, 6.07) is 12.2. The molecule has 162 valence electrons. The van der Waals surface area contributed by atoms with Crippen LogP contribution in [0.2, 0.25) is 0 Å². The number of methoxy groups -OCH3 is 1. The molecule has 1 aliphatic carbocycles. The summed E-state index contributed by atoms with van der Waals surface area (Å²) in [5, 5.41) is 4.43. The van der Waals surface area contributed by atoms with Gasteiger partial charge in [0.15, 0.2) is 0 Å². The molecule has 0 spiro atoms. The Morgan fingerprint density at radius 2 is 1.90 bits per heavy atom. The smallest absolute Gasteiger partial charge is 0.318 e. The van der Waals surface area contributed by atoms with Gasteiger partial charge in [-0.25, -0.2) is 4.79 Å². The Kier molecular flexibility index (Phi) is 5.26. The van der Waals surface area contributed by atoms with Gasteiger partial charge in [0.25, 0.3) is 0 Å². The Bertz CT molecular complexity index is 1100. The lowest BCUT2D eigenvalue weighted by atomic mass is 9.95. The summed E-state index contributed by atoms with van der Waals surface area (Å²) in [7, 11) is 1.68. The fourth-order valence-electron chi connectivity index (χ4n) is 4.85. The number of fused-ring (bicyclic) bond motifs is 5. The highest BCUT2D eigenvalue weighted by atomic mass is 32.1. The van der Waals surface area contributed by atoms with Gasteiger partial charge in [-0.05, 0) is 74.9 Å². The summed E-state index contributed by atoms with van der Waals surface area (Å²) < 4.78 is 7.68. The third-order valence-corrected chi connectivity index (χ3v) is 7.62. The van der Waals surface area contributed by atoms with Crippen LogP contribution in [-0.2, 0) is 19.4 Å². The van der Waals surface area contributed by atoms with Crippen molar-refractivity contribution in [1.82, 2.24) is 14.8 Å². The van der Waals surface area contributed by atoms with Gasteiger partial charge in [-0.15, -0.1) is 11.3 Å². The summed E-state index contributed by atoms with van der Waals surface area (Å²) >= 11 is 1.91. The average molecular weight is 436 g/mol. The van der Waals surface area contributed by atoms with Crippen LogP contribution in [0, 0.1) is 0 Å². The number of nitrogens with zero attached hydrogens (tertiary/aromatic N) is 2. The highest BCUT2D eigenvalue weighted by Gasteiger charge is 2.36. The number of carbonyl (C=O) groups excluding carboxylic acids is 1. The molecule has 5 rings (SSSR count). The van der Waals surface area contributed by atoms with E-state index < -0.39 is 0 Å². The Morgan fingerprint density at radius 3 is 2.65 bits per heavy atom. The zero-order chi connectivity index (χ0) is 21.5. The number of carbonyl (C=O) groups is 1. The maximum Gasteiger partial charge on any atom is 0.318 e. The number of aromatic nitrogens is 1. The first-order valence-corrected chi connectivity index (χ1v) is 11.9. The minimum absolute atomic E-state index is 0.0211. The minimum atomic E-state index is -0.168. The molecule has 2 amide bonds. The van der Waals surface area contributed by atoms with Gasteiger partial charge >= 0.3 is 6.03 Å². The quantitative estimate of drug-likeness (QED) is 0.595. The second-order valence-corrected chi connectivity index (χ2v) is 9.79. The highest BCUT2D eigenvalue weighted by Crippen LogP contribution is 2.44. The van der Waals surface area contributed by atoms with Crippen LogP contribution >= 0.6 is 11.3 Å². The number of rotatable bonds is 3. The normalized spacial score (nSPS) is 17.5. The Hall–Kier alpha value is -2.73. The van der Waals surface area contributed by atoms with Crippen molar-refractivity contribution in [1.29, 1.82) is 0 Å². The molecule has 0 saturated heterocycles. The van der Waals surface area contributed by atoms with Crippen LogP contribution in [0.1, 0.15) is 60.0 Å². The maximum atomic E-state index is 13.5. The lowest BCUT2D eigenvalue weighted by Crippen LogP contribution is -2.44. The van der Waals surface area contributed by atoms with Crippen LogP contribution in [0.15, 0.2) is 42.6 Å². The van der Waals surface area contributed by atoms with E-state index in [9.17, 15) is 4.79 Å². The van der Waals surface area contributed by atoms with Crippen LogP contribution in [-0.4, -0.2) is 28.6 Å². The monoisotopic (exact) mass is 435 g/mol. The third-order valence-electron chi connectivity index (χ3n) is 6.28. The number of ether oxygens (including phenoxy) is 1. The molecule has 1 aliphatic heterocycles. The van der Waals surface area contributed by atoms with Gasteiger partial charge in [0.05, 0.1) is 25.4 Å². The molecular weight excluding hydrogens is 406 g/mol. The van der Waals surface area contributed by atoms with Crippen molar-refractivity contribution < 1.29 is 9.53 Å². The molecule has 2 aromatic heterocycles. The van der Waals surface area contributed by atoms with Gasteiger partial charge in [-0.2, -0.15) is 0 Å². The first kappa shape index (κ1) is 20.2. The van der Waals surface area contributed by atoms with Crippen LogP contribution in [0.4, 0.5) is 4.79 Å². The number of urea groups is 1. The number of aryl methyl sites for hydroxylation is 1. The largest absolute Gasteiger partial charge is 0.497 e. The number of hydrogen-bond acceptors (Lipinski definition) is 3. The summed E-state index contributed by atoms with van der Waals surface area (Å²) in [4.78, 5) is 17.0. The Balaban J connectivity index is 1.68. The molecular formula is C25H29N3O2S. The van der Waals surface area contributed by atoms with Gasteiger partial charge in [0.1, 0.15) is 10.8 Å². The van der Waals surface area contributed by atoms with Gasteiger partial charge in [-0.1, -0.05) is 12.1 Å². The molecule has 31 heavy (non-hydrogen) atoms. The molecule has 0 radical (unpaired) electrons. The van der Waals surface area contributed by atoms with E-state index in [1.807, 2.05) is 42.2 Å². The van der Waals surface area contributed by atoms with E-state index in [2.05, 4.69) is 40.3 Å². The van der Waals surface area contributed by atoms with Crippen molar-refractivity contribution in [3.63, 3.8) is 0 Å². The van der Waals surface area contributed by atoms with E-state index in [0.717, 1.165) is 29.8 Å². The van der Waals surface area contributed by atoms with Gasteiger partial charge < -0.3 is 19.5 Å². The van der Waals surface area contributed by atoms with E-state index in [4.69, 9.17) is 4.74 Å². The maximum absolute atomic E-state index is 13.5. The van der Waals surface area contributed by atoms with Crippen LogP contribution < -0.4 is 10.1 Å². The second-order valence-electron chi connectivity index (χ2n) is 8.71. The van der Waals surface area contributed by atoms with Crippen LogP contribution in [0.3, 0.4) is 0 Å². The molecule has 0 bridgehead atoms. The summed E-state index contributed by atoms with van der Waals surface area (Å²) in [5.74, 6) is 0.819. The Labute approximate surface area is 187 Å². The molecule has 0 saturated carbocycles. The SMILES string of the molecule is COc1ccc(C2c3cccn3-c3sc4c(c3CN2C(=O)NC(C)C)CCCC4)cc1. The lowest BCUT2D eigenvalue weighted by molar-refractivity contribution is 0.178. The molecule has 3 aromatic rings. The molecule has 1 atom stereocenters. The number of nitrogens with one attached hydrogen (secondary N) is 1. The van der Waals surface area contributed by atoms with Crippen molar-refractivity contribution in [2.75, 3.05) is 7.11 Å². The van der Waals surface area contributed by atoms with E-state index in [0.29, 0.717) is 6.54 Å². The first-order valence-electron chi connectivity index (χ1n) is 11.1. The van der Waals surface area contributed by atoms with Crippen molar-refractivity contribution in [3.8, 4) is 10.8 Å². The summed E-state index contributed by atoms with van der Waals surface area (Å²) in [6.45, 7) is 4.65. The minimum Gasteiger partial charge on any atom is -0.497 e. The van der Waals surface area contributed by atoms with Gasteiger partial charge in [0.2, 0.25) is 0 Å². The number of thiophene rings is 1. The van der Waals surface area contributed by atoms with E-state index in [1.54, 1.807) is 7.11 Å².